The number of carboxylic acid groups (broad SMARTS) is 1. The second-order valence-electron chi connectivity index (χ2n) is 3.80. The van der Waals surface area contributed by atoms with Crippen molar-refractivity contribution < 1.29 is 14.6 Å². The molecule has 6 heteroatoms. The molecule has 0 saturated carbocycles. The lowest BCUT2D eigenvalue weighted by atomic mass is 10.2. The van der Waals surface area contributed by atoms with Crippen molar-refractivity contribution in [3.63, 3.8) is 0 Å². The average Bonchev–Trinajstić information content (AvgIpc) is 2.37. The molecule has 0 amide bonds. The molecule has 1 aromatic heterocycles. The van der Waals surface area contributed by atoms with Gasteiger partial charge in [-0.05, 0) is 23.8 Å². The first-order valence-electron chi connectivity index (χ1n) is 5.53. The first kappa shape index (κ1) is 14.6. The highest BCUT2D eigenvalue weighted by atomic mass is 79.9. The van der Waals surface area contributed by atoms with Gasteiger partial charge in [0.1, 0.15) is 11.5 Å². The molecular formula is C14H9BrClNO3. The number of hydrogen-bond donors (Lipinski definition) is 1. The maximum atomic E-state index is 10.5. The van der Waals surface area contributed by atoms with E-state index in [1.165, 1.54) is 12.3 Å². The number of halogens is 2. The van der Waals surface area contributed by atoms with Gasteiger partial charge in [-0.3, -0.25) is 4.98 Å². The van der Waals surface area contributed by atoms with Crippen molar-refractivity contribution >= 4 is 39.6 Å². The van der Waals surface area contributed by atoms with E-state index in [-0.39, 0.29) is 0 Å². The summed E-state index contributed by atoms with van der Waals surface area (Å²) in [7, 11) is 0. The number of pyridine rings is 1. The van der Waals surface area contributed by atoms with Gasteiger partial charge in [-0.1, -0.05) is 33.6 Å². The van der Waals surface area contributed by atoms with Crippen LogP contribution in [0.3, 0.4) is 0 Å². The van der Waals surface area contributed by atoms with Gasteiger partial charge >= 0.3 is 5.97 Å². The van der Waals surface area contributed by atoms with Gasteiger partial charge in [0, 0.05) is 22.8 Å². The number of aliphatic carboxylic acids is 1. The molecule has 1 N–H and O–H groups in total. The number of aromatic nitrogens is 1. The highest BCUT2D eigenvalue weighted by molar-refractivity contribution is 9.10. The van der Waals surface area contributed by atoms with E-state index >= 15 is 0 Å². The van der Waals surface area contributed by atoms with Crippen LogP contribution >= 0.6 is 27.5 Å². The summed E-state index contributed by atoms with van der Waals surface area (Å²) >= 11 is 9.18. The smallest absolute Gasteiger partial charge is 0.328 e. The zero-order chi connectivity index (χ0) is 14.5. The monoisotopic (exact) mass is 353 g/mol. The lowest BCUT2D eigenvalue weighted by molar-refractivity contribution is -0.131. The van der Waals surface area contributed by atoms with E-state index in [1.54, 1.807) is 30.5 Å². The Hall–Kier alpha value is -1.85. The molecule has 1 heterocycles. The molecule has 102 valence electrons. The Morgan fingerprint density at radius 3 is 2.75 bits per heavy atom. The molecule has 0 fully saturated rings. The summed E-state index contributed by atoms with van der Waals surface area (Å²) in [6, 6.07) is 6.87. The second kappa shape index (κ2) is 6.54. The fourth-order valence-corrected chi connectivity index (χ4v) is 2.11. The van der Waals surface area contributed by atoms with Crippen molar-refractivity contribution in [2.75, 3.05) is 0 Å². The second-order valence-corrected chi connectivity index (χ2v) is 5.09. The summed E-state index contributed by atoms with van der Waals surface area (Å²) in [5.74, 6) is 0.119. The van der Waals surface area contributed by atoms with E-state index in [9.17, 15) is 4.79 Å². The quantitative estimate of drug-likeness (QED) is 0.827. The topological polar surface area (TPSA) is 59.4 Å². The van der Waals surface area contributed by atoms with Crippen LogP contribution in [0.15, 0.2) is 47.2 Å². The highest BCUT2D eigenvalue weighted by Crippen LogP contribution is 2.28. The normalized spacial score (nSPS) is 10.7. The fraction of sp³-hybridized carbons (Fsp3) is 0. The van der Waals surface area contributed by atoms with Crippen LogP contribution in [-0.4, -0.2) is 16.1 Å². The Bertz CT molecular complexity index is 673. The van der Waals surface area contributed by atoms with Crippen molar-refractivity contribution in [1.82, 2.24) is 4.98 Å². The predicted molar refractivity (Wildman–Crippen MR) is 80.1 cm³/mol. The molecule has 0 aliphatic rings. The third-order valence-corrected chi connectivity index (χ3v) is 3.19. The number of rotatable bonds is 4. The Morgan fingerprint density at radius 2 is 2.10 bits per heavy atom. The molecule has 0 aliphatic heterocycles. The van der Waals surface area contributed by atoms with Crippen LogP contribution in [-0.2, 0) is 4.79 Å². The van der Waals surface area contributed by atoms with Crippen molar-refractivity contribution in [3.8, 4) is 11.5 Å². The molecule has 4 nitrogen and oxygen atoms in total. The first-order chi connectivity index (χ1) is 9.54. The van der Waals surface area contributed by atoms with E-state index in [0.29, 0.717) is 16.5 Å². The van der Waals surface area contributed by atoms with Gasteiger partial charge in [0.15, 0.2) is 0 Å². The van der Waals surface area contributed by atoms with Gasteiger partial charge < -0.3 is 9.84 Å². The van der Waals surface area contributed by atoms with Crippen molar-refractivity contribution in [1.29, 1.82) is 0 Å². The molecule has 0 saturated heterocycles. The third kappa shape index (κ3) is 4.08. The van der Waals surface area contributed by atoms with Crippen LogP contribution in [0, 0.1) is 0 Å². The Balaban J connectivity index is 2.19. The molecule has 2 rings (SSSR count). The van der Waals surface area contributed by atoms with E-state index in [0.717, 1.165) is 16.1 Å². The van der Waals surface area contributed by atoms with E-state index < -0.39 is 5.97 Å². The molecule has 2 aromatic rings. The average molecular weight is 355 g/mol. The summed E-state index contributed by atoms with van der Waals surface area (Å²) in [4.78, 5) is 14.4. The minimum absolute atomic E-state index is 0.488. The van der Waals surface area contributed by atoms with E-state index in [4.69, 9.17) is 21.4 Å². The summed E-state index contributed by atoms with van der Waals surface area (Å²) in [5.41, 5.74) is 0.740. The van der Waals surface area contributed by atoms with E-state index in [2.05, 4.69) is 20.9 Å². The maximum Gasteiger partial charge on any atom is 0.328 e. The summed E-state index contributed by atoms with van der Waals surface area (Å²) in [5, 5.41) is 9.08. The molecule has 0 bridgehead atoms. The SMILES string of the molecule is O=C(O)/C=C/c1ccc(Oc2cncc(Cl)c2)cc1Br. The van der Waals surface area contributed by atoms with Crippen molar-refractivity contribution in [3.05, 3.63) is 57.8 Å². The molecule has 0 atom stereocenters. The van der Waals surface area contributed by atoms with Gasteiger partial charge in [0.25, 0.3) is 0 Å². The highest BCUT2D eigenvalue weighted by Gasteiger charge is 2.03. The molecule has 20 heavy (non-hydrogen) atoms. The van der Waals surface area contributed by atoms with Crippen LogP contribution in [0.5, 0.6) is 11.5 Å². The maximum absolute atomic E-state index is 10.5. The standard InChI is InChI=1S/C14H9BrClNO3/c15-13-6-11(3-1-9(13)2-4-14(18)19)20-12-5-10(16)7-17-8-12/h1-8H,(H,18,19)/b4-2+. The number of nitrogens with zero attached hydrogens (tertiary/aromatic N) is 1. The summed E-state index contributed by atoms with van der Waals surface area (Å²) < 4.78 is 6.33. The number of carboxylic acids is 1. The van der Waals surface area contributed by atoms with E-state index in [1.807, 2.05) is 0 Å². The summed E-state index contributed by atoms with van der Waals surface area (Å²) in [6.07, 6.45) is 5.64. The van der Waals surface area contributed by atoms with Crippen LogP contribution in [0.1, 0.15) is 5.56 Å². The number of carbonyl (C=O) groups is 1. The molecule has 0 unspecified atom stereocenters. The van der Waals surface area contributed by atoms with Gasteiger partial charge in [-0.15, -0.1) is 0 Å². The van der Waals surface area contributed by atoms with Gasteiger partial charge in [0.2, 0.25) is 0 Å². The molecule has 0 radical (unpaired) electrons. The lowest BCUT2D eigenvalue weighted by Gasteiger charge is -2.07. The van der Waals surface area contributed by atoms with Crippen LogP contribution < -0.4 is 4.74 Å². The van der Waals surface area contributed by atoms with Crippen molar-refractivity contribution in [2.45, 2.75) is 0 Å². The minimum atomic E-state index is -0.998. The summed E-state index contributed by atoms with van der Waals surface area (Å²) in [6.45, 7) is 0. The Morgan fingerprint density at radius 1 is 1.30 bits per heavy atom. The van der Waals surface area contributed by atoms with Crippen LogP contribution in [0.2, 0.25) is 5.02 Å². The Kier molecular flexibility index (Phi) is 4.76. The number of benzene rings is 1. The van der Waals surface area contributed by atoms with Crippen molar-refractivity contribution in [2.24, 2.45) is 0 Å². The molecule has 0 spiro atoms. The van der Waals surface area contributed by atoms with Gasteiger partial charge in [0.05, 0.1) is 11.2 Å². The minimum Gasteiger partial charge on any atom is -0.478 e. The fourth-order valence-electron chi connectivity index (χ4n) is 1.45. The molecule has 0 aliphatic carbocycles. The zero-order valence-electron chi connectivity index (χ0n) is 10.1. The predicted octanol–water partition coefficient (Wildman–Crippen LogP) is 4.39. The number of ether oxygens (including phenoxy) is 1. The molecular weight excluding hydrogens is 346 g/mol. The Labute approximate surface area is 128 Å². The van der Waals surface area contributed by atoms with Crippen LogP contribution in [0.25, 0.3) is 6.08 Å². The third-order valence-electron chi connectivity index (χ3n) is 2.29. The lowest BCUT2D eigenvalue weighted by Crippen LogP contribution is -1.88. The largest absolute Gasteiger partial charge is 0.478 e. The number of hydrogen-bond acceptors (Lipinski definition) is 3. The van der Waals surface area contributed by atoms with Gasteiger partial charge in [-0.25, -0.2) is 4.79 Å². The molecule has 1 aromatic carbocycles. The van der Waals surface area contributed by atoms with Crippen LogP contribution in [0.4, 0.5) is 0 Å². The first-order valence-corrected chi connectivity index (χ1v) is 6.70. The van der Waals surface area contributed by atoms with Gasteiger partial charge in [-0.2, -0.15) is 0 Å². The zero-order valence-corrected chi connectivity index (χ0v) is 12.4.